The van der Waals surface area contributed by atoms with E-state index in [9.17, 15) is 9.59 Å². The van der Waals surface area contributed by atoms with Gasteiger partial charge in [-0.15, -0.1) is 0 Å². The molecule has 5 N–H and O–H groups in total. The SMILES string of the molecule is Nc1ccccc1C(=O)NCC1CCN(C(=O)c2ccccc2N)CC1. The quantitative estimate of drug-likeness (QED) is 0.734. The van der Waals surface area contributed by atoms with Crippen molar-refractivity contribution in [3.8, 4) is 0 Å². The number of hydrogen-bond donors (Lipinski definition) is 3. The summed E-state index contributed by atoms with van der Waals surface area (Å²) in [5.74, 6) is 0.169. The van der Waals surface area contributed by atoms with Crippen LogP contribution in [0.3, 0.4) is 0 Å². The van der Waals surface area contributed by atoms with Gasteiger partial charge < -0.3 is 21.7 Å². The second kappa shape index (κ2) is 7.91. The number of hydrogen-bond acceptors (Lipinski definition) is 4. The average molecular weight is 352 g/mol. The van der Waals surface area contributed by atoms with Crippen molar-refractivity contribution in [1.29, 1.82) is 0 Å². The van der Waals surface area contributed by atoms with Crippen LogP contribution in [0, 0.1) is 5.92 Å². The van der Waals surface area contributed by atoms with E-state index >= 15 is 0 Å². The van der Waals surface area contributed by atoms with Crippen LogP contribution in [0.15, 0.2) is 48.5 Å². The summed E-state index contributed by atoms with van der Waals surface area (Å²) < 4.78 is 0. The maximum Gasteiger partial charge on any atom is 0.255 e. The Morgan fingerprint density at radius 1 is 0.923 bits per heavy atom. The molecule has 1 heterocycles. The molecule has 136 valence electrons. The highest BCUT2D eigenvalue weighted by atomic mass is 16.2. The highest BCUT2D eigenvalue weighted by Gasteiger charge is 2.25. The Balaban J connectivity index is 1.50. The first-order chi connectivity index (χ1) is 12.6. The molecule has 3 rings (SSSR count). The number of nitrogen functional groups attached to an aromatic ring is 2. The maximum atomic E-state index is 12.6. The number of benzene rings is 2. The van der Waals surface area contributed by atoms with Crippen molar-refractivity contribution in [2.45, 2.75) is 12.8 Å². The minimum Gasteiger partial charge on any atom is -0.398 e. The molecule has 0 spiro atoms. The fourth-order valence-corrected chi connectivity index (χ4v) is 3.24. The van der Waals surface area contributed by atoms with Crippen LogP contribution < -0.4 is 16.8 Å². The molecule has 0 bridgehead atoms. The minimum atomic E-state index is -0.154. The van der Waals surface area contributed by atoms with Crippen LogP contribution in [0.5, 0.6) is 0 Å². The summed E-state index contributed by atoms with van der Waals surface area (Å²) in [5, 5.41) is 2.95. The number of amides is 2. The number of likely N-dealkylation sites (tertiary alicyclic amines) is 1. The highest BCUT2D eigenvalue weighted by molar-refractivity contribution is 5.99. The molecule has 0 unspecified atom stereocenters. The van der Waals surface area contributed by atoms with Crippen LogP contribution in [0.25, 0.3) is 0 Å². The van der Waals surface area contributed by atoms with Crippen molar-refractivity contribution < 1.29 is 9.59 Å². The predicted octanol–water partition coefficient (Wildman–Crippen LogP) is 2.13. The summed E-state index contributed by atoms with van der Waals surface area (Å²) in [6.45, 7) is 1.92. The lowest BCUT2D eigenvalue weighted by Crippen LogP contribution is -2.41. The Bertz CT molecular complexity index is 798. The second-order valence-electron chi connectivity index (χ2n) is 6.62. The molecule has 1 saturated heterocycles. The number of rotatable bonds is 4. The van der Waals surface area contributed by atoms with E-state index in [4.69, 9.17) is 11.5 Å². The topological polar surface area (TPSA) is 101 Å². The molecular formula is C20H24N4O2. The van der Waals surface area contributed by atoms with Crippen molar-refractivity contribution in [2.24, 2.45) is 5.92 Å². The van der Waals surface area contributed by atoms with E-state index in [0.29, 0.717) is 48.1 Å². The Morgan fingerprint density at radius 2 is 1.46 bits per heavy atom. The molecule has 2 amide bonds. The molecule has 6 nitrogen and oxygen atoms in total. The third-order valence-corrected chi connectivity index (χ3v) is 4.85. The normalized spacial score (nSPS) is 14.8. The highest BCUT2D eigenvalue weighted by Crippen LogP contribution is 2.21. The number of piperidine rings is 1. The Kier molecular flexibility index (Phi) is 5.41. The van der Waals surface area contributed by atoms with Crippen molar-refractivity contribution in [1.82, 2.24) is 10.2 Å². The Labute approximate surface area is 153 Å². The summed E-state index contributed by atoms with van der Waals surface area (Å²) in [6, 6.07) is 14.2. The molecule has 0 aliphatic carbocycles. The Hall–Kier alpha value is -3.02. The number of anilines is 2. The van der Waals surface area contributed by atoms with Gasteiger partial charge in [0, 0.05) is 31.0 Å². The number of para-hydroxylation sites is 2. The molecule has 0 saturated carbocycles. The largest absolute Gasteiger partial charge is 0.398 e. The van der Waals surface area contributed by atoms with Gasteiger partial charge in [-0.2, -0.15) is 0 Å². The van der Waals surface area contributed by atoms with Crippen LogP contribution in [0.4, 0.5) is 11.4 Å². The van der Waals surface area contributed by atoms with Gasteiger partial charge in [0.15, 0.2) is 0 Å². The fourth-order valence-electron chi connectivity index (χ4n) is 3.24. The van der Waals surface area contributed by atoms with Crippen LogP contribution in [-0.4, -0.2) is 36.3 Å². The van der Waals surface area contributed by atoms with Crippen LogP contribution in [0.1, 0.15) is 33.6 Å². The molecule has 6 heteroatoms. The van der Waals surface area contributed by atoms with Crippen LogP contribution in [-0.2, 0) is 0 Å². The molecule has 2 aromatic rings. The van der Waals surface area contributed by atoms with Crippen molar-refractivity contribution in [3.63, 3.8) is 0 Å². The van der Waals surface area contributed by atoms with E-state index in [1.54, 1.807) is 36.4 Å². The van der Waals surface area contributed by atoms with Gasteiger partial charge >= 0.3 is 0 Å². The molecule has 1 fully saturated rings. The average Bonchev–Trinajstić information content (AvgIpc) is 2.67. The maximum absolute atomic E-state index is 12.6. The fraction of sp³-hybridized carbons (Fsp3) is 0.300. The van der Waals surface area contributed by atoms with E-state index in [1.807, 2.05) is 17.0 Å². The van der Waals surface area contributed by atoms with Crippen LogP contribution >= 0.6 is 0 Å². The number of nitrogens with one attached hydrogen (secondary N) is 1. The summed E-state index contributed by atoms with van der Waals surface area (Å²) in [5.41, 5.74) is 13.8. The molecule has 1 aliphatic heterocycles. The lowest BCUT2D eigenvalue weighted by atomic mass is 9.96. The zero-order chi connectivity index (χ0) is 18.5. The number of carbonyl (C=O) groups excluding carboxylic acids is 2. The lowest BCUT2D eigenvalue weighted by molar-refractivity contribution is 0.0685. The number of nitrogens with two attached hydrogens (primary N) is 2. The zero-order valence-corrected chi connectivity index (χ0v) is 14.7. The van der Waals surface area contributed by atoms with E-state index in [0.717, 1.165) is 12.8 Å². The summed E-state index contributed by atoms with van der Waals surface area (Å²) >= 11 is 0. The second-order valence-corrected chi connectivity index (χ2v) is 6.62. The molecule has 1 aliphatic rings. The molecule has 0 aromatic heterocycles. The molecule has 0 radical (unpaired) electrons. The first kappa shape index (κ1) is 17.8. The first-order valence-electron chi connectivity index (χ1n) is 8.82. The van der Waals surface area contributed by atoms with Gasteiger partial charge in [0.1, 0.15) is 0 Å². The lowest BCUT2D eigenvalue weighted by Gasteiger charge is -2.32. The summed E-state index contributed by atoms with van der Waals surface area (Å²) in [4.78, 5) is 26.6. The third-order valence-electron chi connectivity index (χ3n) is 4.85. The van der Waals surface area contributed by atoms with Crippen LogP contribution in [0.2, 0.25) is 0 Å². The van der Waals surface area contributed by atoms with E-state index < -0.39 is 0 Å². The molecule has 0 atom stereocenters. The van der Waals surface area contributed by atoms with Gasteiger partial charge in [-0.1, -0.05) is 24.3 Å². The molecular weight excluding hydrogens is 328 g/mol. The van der Waals surface area contributed by atoms with Gasteiger partial charge in [-0.3, -0.25) is 9.59 Å². The monoisotopic (exact) mass is 352 g/mol. The number of nitrogens with zero attached hydrogens (tertiary/aromatic N) is 1. The van der Waals surface area contributed by atoms with Gasteiger partial charge in [-0.05, 0) is 43.0 Å². The van der Waals surface area contributed by atoms with Gasteiger partial charge in [0.25, 0.3) is 11.8 Å². The summed E-state index contributed by atoms with van der Waals surface area (Å²) in [7, 11) is 0. The van der Waals surface area contributed by atoms with Crippen molar-refractivity contribution in [2.75, 3.05) is 31.1 Å². The first-order valence-corrected chi connectivity index (χ1v) is 8.82. The smallest absolute Gasteiger partial charge is 0.255 e. The minimum absolute atomic E-state index is 0.0253. The van der Waals surface area contributed by atoms with Crippen molar-refractivity contribution in [3.05, 3.63) is 59.7 Å². The van der Waals surface area contributed by atoms with E-state index in [2.05, 4.69) is 5.32 Å². The van der Waals surface area contributed by atoms with Gasteiger partial charge in [0.2, 0.25) is 0 Å². The number of carbonyl (C=O) groups is 2. The third kappa shape index (κ3) is 3.96. The zero-order valence-electron chi connectivity index (χ0n) is 14.7. The molecule has 26 heavy (non-hydrogen) atoms. The van der Waals surface area contributed by atoms with E-state index in [1.165, 1.54) is 0 Å². The van der Waals surface area contributed by atoms with E-state index in [-0.39, 0.29) is 11.8 Å². The van der Waals surface area contributed by atoms with Gasteiger partial charge in [0.05, 0.1) is 11.1 Å². The summed E-state index contributed by atoms with van der Waals surface area (Å²) in [6.07, 6.45) is 1.70. The predicted molar refractivity (Wildman–Crippen MR) is 103 cm³/mol. The van der Waals surface area contributed by atoms with Crippen molar-refractivity contribution >= 4 is 23.2 Å². The standard InChI is InChI=1S/C20H24N4O2/c21-17-7-3-1-5-15(17)19(25)23-13-14-9-11-24(12-10-14)20(26)16-6-2-4-8-18(16)22/h1-8,14H,9-13,21-22H2,(H,23,25). The molecule has 2 aromatic carbocycles. The Morgan fingerprint density at radius 3 is 2.04 bits per heavy atom. The van der Waals surface area contributed by atoms with Gasteiger partial charge in [-0.25, -0.2) is 0 Å².